The normalized spacial score (nSPS) is 25.1. The molecule has 1 aliphatic heterocycles. The van der Waals surface area contributed by atoms with Crippen LogP contribution in [-0.2, 0) is 9.53 Å². The molecule has 1 amide bonds. The first kappa shape index (κ1) is 13.5. The Balaban J connectivity index is 1.88. The summed E-state index contributed by atoms with van der Waals surface area (Å²) in [5.41, 5.74) is 5.53. The predicted octanol–water partition coefficient (Wildman–Crippen LogP) is 1.14. The summed E-state index contributed by atoms with van der Waals surface area (Å²) in [6.07, 6.45) is 3.09. The van der Waals surface area contributed by atoms with E-state index in [-0.39, 0.29) is 24.2 Å². The van der Waals surface area contributed by atoms with Crippen LogP contribution in [0, 0.1) is 6.92 Å². The number of rotatable bonds is 4. The maximum absolute atomic E-state index is 12.0. The first-order valence-electron chi connectivity index (χ1n) is 6.18. The molecule has 0 bridgehead atoms. The number of aryl methyl sites for hydroxylation is 1. The summed E-state index contributed by atoms with van der Waals surface area (Å²) in [5.74, 6) is -0.0636. The van der Waals surface area contributed by atoms with Gasteiger partial charge in [0.1, 0.15) is 11.1 Å². The van der Waals surface area contributed by atoms with E-state index >= 15 is 0 Å². The summed E-state index contributed by atoms with van der Waals surface area (Å²) in [4.78, 5) is 17.4. The Labute approximate surface area is 111 Å². The van der Waals surface area contributed by atoms with Crippen LogP contribution in [0.5, 0.6) is 0 Å². The predicted molar refractivity (Wildman–Crippen MR) is 70.4 cm³/mol. The quantitative estimate of drug-likeness (QED) is 0.859. The second kappa shape index (κ2) is 5.77. The lowest BCUT2D eigenvalue weighted by atomic mass is 10.2. The van der Waals surface area contributed by atoms with Gasteiger partial charge < -0.3 is 15.8 Å². The van der Waals surface area contributed by atoms with E-state index in [1.165, 1.54) is 0 Å². The van der Waals surface area contributed by atoms with Crippen LogP contribution in [0.25, 0.3) is 0 Å². The van der Waals surface area contributed by atoms with Crippen LogP contribution in [0.1, 0.15) is 35.7 Å². The van der Waals surface area contributed by atoms with Crippen molar-refractivity contribution in [1.29, 1.82) is 0 Å². The second-order valence-corrected chi connectivity index (χ2v) is 5.87. The molecule has 100 valence electrons. The first-order valence-corrected chi connectivity index (χ1v) is 7.00. The van der Waals surface area contributed by atoms with Crippen molar-refractivity contribution >= 4 is 17.2 Å². The van der Waals surface area contributed by atoms with E-state index in [4.69, 9.17) is 10.5 Å². The molecule has 0 saturated carbocycles. The number of carbonyl (C=O) groups excluding carboxylic acids is 1. The zero-order chi connectivity index (χ0) is 13.1. The minimum atomic E-state index is -0.359. The van der Waals surface area contributed by atoms with E-state index in [9.17, 15) is 4.79 Å². The van der Waals surface area contributed by atoms with Gasteiger partial charge in [0.25, 0.3) is 0 Å². The number of ether oxygens (including phenoxy) is 1. The molecular weight excluding hydrogens is 250 g/mol. The largest absolute Gasteiger partial charge is 0.364 e. The van der Waals surface area contributed by atoms with Crippen molar-refractivity contribution in [3.05, 3.63) is 16.1 Å². The van der Waals surface area contributed by atoms with Gasteiger partial charge in [-0.15, -0.1) is 11.3 Å². The molecule has 2 rings (SSSR count). The summed E-state index contributed by atoms with van der Waals surface area (Å²) in [6, 6.07) is -0.0725. The molecule has 2 heterocycles. The topological polar surface area (TPSA) is 77.2 Å². The molecule has 1 aromatic rings. The lowest BCUT2D eigenvalue weighted by molar-refractivity contribution is -0.132. The van der Waals surface area contributed by atoms with Gasteiger partial charge in [-0.25, -0.2) is 4.98 Å². The molecule has 6 heteroatoms. The molecule has 1 unspecified atom stereocenters. The Morgan fingerprint density at radius 1 is 1.72 bits per heavy atom. The number of carbonyl (C=O) groups is 1. The Morgan fingerprint density at radius 2 is 2.50 bits per heavy atom. The molecule has 1 fully saturated rings. The van der Waals surface area contributed by atoms with Crippen molar-refractivity contribution in [3.8, 4) is 0 Å². The van der Waals surface area contributed by atoms with Crippen LogP contribution in [-0.4, -0.2) is 29.6 Å². The Hall–Kier alpha value is -0.980. The van der Waals surface area contributed by atoms with Gasteiger partial charge >= 0.3 is 0 Å². The van der Waals surface area contributed by atoms with Crippen molar-refractivity contribution < 1.29 is 9.53 Å². The summed E-state index contributed by atoms with van der Waals surface area (Å²) in [5, 5.41) is 3.86. The van der Waals surface area contributed by atoms with Crippen molar-refractivity contribution in [2.24, 2.45) is 5.73 Å². The van der Waals surface area contributed by atoms with E-state index in [0.29, 0.717) is 6.54 Å². The highest BCUT2D eigenvalue weighted by molar-refractivity contribution is 7.11. The Bertz CT molecular complexity index is 421. The van der Waals surface area contributed by atoms with Gasteiger partial charge in [-0.2, -0.15) is 0 Å². The Morgan fingerprint density at radius 3 is 3.06 bits per heavy atom. The molecule has 3 N–H and O–H groups in total. The minimum Gasteiger partial charge on any atom is -0.364 e. The average Bonchev–Trinajstić information content (AvgIpc) is 2.97. The maximum atomic E-state index is 12.0. The number of hydrogen-bond acceptors (Lipinski definition) is 5. The van der Waals surface area contributed by atoms with E-state index in [2.05, 4.69) is 10.3 Å². The first-order chi connectivity index (χ1) is 8.60. The molecule has 1 saturated heterocycles. The third-order valence-electron chi connectivity index (χ3n) is 3.03. The third-order valence-corrected chi connectivity index (χ3v) is 4.13. The fourth-order valence-corrected chi connectivity index (χ4v) is 2.79. The fourth-order valence-electron chi connectivity index (χ4n) is 2.01. The van der Waals surface area contributed by atoms with Gasteiger partial charge in [-0.05, 0) is 26.7 Å². The van der Waals surface area contributed by atoms with Crippen molar-refractivity contribution in [2.75, 3.05) is 6.54 Å². The number of amides is 1. The smallest absolute Gasteiger partial charge is 0.249 e. The summed E-state index contributed by atoms with van der Waals surface area (Å²) in [7, 11) is 0. The molecule has 0 aliphatic carbocycles. The van der Waals surface area contributed by atoms with Gasteiger partial charge in [-0.1, -0.05) is 0 Å². The van der Waals surface area contributed by atoms with Crippen LogP contribution in [0.15, 0.2) is 6.20 Å². The average molecular weight is 269 g/mol. The monoisotopic (exact) mass is 269 g/mol. The van der Waals surface area contributed by atoms with Crippen molar-refractivity contribution in [1.82, 2.24) is 10.3 Å². The summed E-state index contributed by atoms with van der Waals surface area (Å²) in [6.45, 7) is 4.41. The van der Waals surface area contributed by atoms with E-state index in [1.807, 2.05) is 20.0 Å². The van der Waals surface area contributed by atoms with Gasteiger partial charge in [0.05, 0.1) is 12.1 Å². The zero-order valence-electron chi connectivity index (χ0n) is 10.7. The SMILES string of the molecule is Cc1cnc(C(C)NC(=O)[C@@H]2CC[C@H](CN)O2)s1. The minimum absolute atomic E-state index is 0.0261. The van der Waals surface area contributed by atoms with Crippen LogP contribution in [0.3, 0.4) is 0 Å². The van der Waals surface area contributed by atoms with Crippen LogP contribution in [0.4, 0.5) is 0 Å². The molecule has 5 nitrogen and oxygen atoms in total. The van der Waals surface area contributed by atoms with Gasteiger partial charge in [0.2, 0.25) is 5.91 Å². The molecule has 18 heavy (non-hydrogen) atoms. The maximum Gasteiger partial charge on any atom is 0.249 e. The van der Waals surface area contributed by atoms with Gasteiger partial charge in [-0.3, -0.25) is 4.79 Å². The molecule has 0 aromatic carbocycles. The van der Waals surface area contributed by atoms with Crippen LogP contribution in [0.2, 0.25) is 0 Å². The number of aromatic nitrogens is 1. The van der Waals surface area contributed by atoms with E-state index in [0.717, 1.165) is 22.7 Å². The van der Waals surface area contributed by atoms with E-state index in [1.54, 1.807) is 11.3 Å². The molecule has 0 radical (unpaired) electrons. The number of hydrogen-bond donors (Lipinski definition) is 2. The fraction of sp³-hybridized carbons (Fsp3) is 0.667. The molecular formula is C12H19N3O2S. The zero-order valence-corrected chi connectivity index (χ0v) is 11.5. The number of nitrogens with one attached hydrogen (secondary N) is 1. The van der Waals surface area contributed by atoms with Crippen molar-refractivity contribution in [3.63, 3.8) is 0 Å². The highest BCUT2D eigenvalue weighted by Crippen LogP contribution is 2.22. The second-order valence-electron chi connectivity index (χ2n) is 4.60. The molecule has 3 atom stereocenters. The molecule has 1 aromatic heterocycles. The summed E-state index contributed by atoms with van der Waals surface area (Å²) >= 11 is 1.60. The number of thiazole rings is 1. The van der Waals surface area contributed by atoms with Crippen molar-refractivity contribution in [2.45, 2.75) is 44.9 Å². The standard InChI is InChI=1S/C12H19N3O2S/c1-7-6-14-12(18-7)8(2)15-11(16)10-4-3-9(5-13)17-10/h6,8-10H,3-5,13H2,1-2H3,(H,15,16)/t8?,9-,10+/m1/s1. The molecule has 0 spiro atoms. The highest BCUT2D eigenvalue weighted by atomic mass is 32.1. The van der Waals surface area contributed by atoms with E-state index < -0.39 is 0 Å². The highest BCUT2D eigenvalue weighted by Gasteiger charge is 2.30. The number of nitrogens with zero attached hydrogens (tertiary/aromatic N) is 1. The molecule has 1 aliphatic rings. The summed E-state index contributed by atoms with van der Waals surface area (Å²) < 4.78 is 5.56. The lowest BCUT2D eigenvalue weighted by Crippen LogP contribution is -2.36. The lowest BCUT2D eigenvalue weighted by Gasteiger charge is -2.16. The van der Waals surface area contributed by atoms with Gasteiger partial charge in [0.15, 0.2) is 0 Å². The van der Waals surface area contributed by atoms with Gasteiger partial charge in [0, 0.05) is 17.6 Å². The van der Waals surface area contributed by atoms with Crippen LogP contribution >= 0.6 is 11.3 Å². The Kier molecular flexibility index (Phi) is 4.31. The van der Waals surface area contributed by atoms with Crippen LogP contribution < -0.4 is 11.1 Å². The number of nitrogens with two attached hydrogens (primary N) is 1. The third kappa shape index (κ3) is 3.07.